The molecule has 2 bridgehead atoms. The summed E-state index contributed by atoms with van der Waals surface area (Å²) in [6, 6.07) is 9.80. The van der Waals surface area contributed by atoms with Gasteiger partial charge in [-0.05, 0) is 67.5 Å². The standard InChI is InChI=1S/C21H29NO/c23-13-5-12-22-11-4-3-8-21(22)19-7-2-1-6-18(19)20-15-16-9-10-17(20)14-16/h1-2,6-7,9-10,16-17,20-21,23H,3-5,8,11-15H2. The van der Waals surface area contributed by atoms with Crippen LogP contribution in [0.15, 0.2) is 36.4 Å². The zero-order valence-corrected chi connectivity index (χ0v) is 14.0. The second kappa shape index (κ2) is 6.78. The average molecular weight is 311 g/mol. The predicted molar refractivity (Wildman–Crippen MR) is 94.4 cm³/mol. The Kier molecular flexibility index (Phi) is 4.54. The van der Waals surface area contributed by atoms with Gasteiger partial charge in [0.1, 0.15) is 0 Å². The lowest BCUT2D eigenvalue weighted by Gasteiger charge is -2.38. The Morgan fingerprint density at radius 2 is 1.91 bits per heavy atom. The first kappa shape index (κ1) is 15.4. The number of nitrogens with zero attached hydrogens (tertiary/aromatic N) is 1. The van der Waals surface area contributed by atoms with E-state index in [1.165, 1.54) is 38.6 Å². The largest absolute Gasteiger partial charge is 0.396 e. The summed E-state index contributed by atoms with van der Waals surface area (Å²) in [6.07, 6.45) is 12.5. The molecular weight excluding hydrogens is 282 g/mol. The van der Waals surface area contributed by atoms with Crippen molar-refractivity contribution in [2.24, 2.45) is 11.8 Å². The molecule has 0 spiro atoms. The second-order valence-electron chi connectivity index (χ2n) is 7.64. The van der Waals surface area contributed by atoms with E-state index in [0.29, 0.717) is 12.6 Å². The van der Waals surface area contributed by atoms with Crippen molar-refractivity contribution < 1.29 is 5.11 Å². The van der Waals surface area contributed by atoms with Crippen molar-refractivity contribution in [1.29, 1.82) is 0 Å². The van der Waals surface area contributed by atoms with Crippen molar-refractivity contribution in [3.8, 4) is 0 Å². The van der Waals surface area contributed by atoms with E-state index in [2.05, 4.69) is 41.3 Å². The Balaban J connectivity index is 1.61. The molecule has 2 aliphatic carbocycles. The molecule has 4 unspecified atom stereocenters. The Bertz CT molecular complexity index is 567. The van der Waals surface area contributed by atoms with Gasteiger partial charge < -0.3 is 5.11 Å². The van der Waals surface area contributed by atoms with Gasteiger partial charge in [0.2, 0.25) is 0 Å². The Morgan fingerprint density at radius 1 is 1.04 bits per heavy atom. The van der Waals surface area contributed by atoms with Crippen LogP contribution in [-0.2, 0) is 0 Å². The molecule has 1 aliphatic heterocycles. The maximum atomic E-state index is 9.22. The van der Waals surface area contributed by atoms with Gasteiger partial charge in [0.05, 0.1) is 0 Å². The topological polar surface area (TPSA) is 23.5 Å². The van der Waals surface area contributed by atoms with Gasteiger partial charge in [0, 0.05) is 19.2 Å². The Labute approximate surface area is 140 Å². The van der Waals surface area contributed by atoms with Gasteiger partial charge in [-0.1, -0.05) is 42.8 Å². The van der Waals surface area contributed by atoms with Gasteiger partial charge in [-0.3, -0.25) is 4.90 Å². The molecule has 0 aromatic heterocycles. The molecule has 1 N–H and O–H groups in total. The fourth-order valence-electron chi connectivity index (χ4n) is 5.17. The minimum atomic E-state index is 0.308. The number of fused-ring (bicyclic) bond motifs is 2. The van der Waals surface area contributed by atoms with E-state index < -0.39 is 0 Å². The molecule has 1 saturated carbocycles. The normalized spacial score (nSPS) is 33.4. The van der Waals surface area contributed by atoms with Crippen LogP contribution >= 0.6 is 0 Å². The summed E-state index contributed by atoms with van der Waals surface area (Å²) in [5, 5.41) is 9.22. The average Bonchev–Trinajstić information content (AvgIpc) is 3.23. The van der Waals surface area contributed by atoms with Crippen LogP contribution in [0.2, 0.25) is 0 Å². The van der Waals surface area contributed by atoms with Gasteiger partial charge in [0.15, 0.2) is 0 Å². The second-order valence-corrected chi connectivity index (χ2v) is 7.64. The van der Waals surface area contributed by atoms with E-state index in [4.69, 9.17) is 0 Å². The highest BCUT2D eigenvalue weighted by molar-refractivity contribution is 5.37. The summed E-state index contributed by atoms with van der Waals surface area (Å²) < 4.78 is 0. The molecule has 2 heteroatoms. The third kappa shape index (κ3) is 2.99. The van der Waals surface area contributed by atoms with E-state index in [-0.39, 0.29) is 0 Å². The maximum Gasteiger partial charge on any atom is 0.0443 e. The van der Waals surface area contributed by atoms with Crippen LogP contribution in [0, 0.1) is 11.8 Å². The number of likely N-dealkylation sites (tertiary alicyclic amines) is 1. The van der Waals surface area contributed by atoms with Gasteiger partial charge in [-0.25, -0.2) is 0 Å². The van der Waals surface area contributed by atoms with Crippen LogP contribution < -0.4 is 0 Å². The van der Waals surface area contributed by atoms with Crippen molar-refractivity contribution in [2.75, 3.05) is 19.7 Å². The number of piperidine rings is 1. The lowest BCUT2D eigenvalue weighted by atomic mass is 9.81. The molecule has 1 heterocycles. The molecule has 2 nitrogen and oxygen atoms in total. The quantitative estimate of drug-likeness (QED) is 0.821. The van der Waals surface area contributed by atoms with Gasteiger partial charge in [-0.15, -0.1) is 0 Å². The van der Waals surface area contributed by atoms with Crippen molar-refractivity contribution in [3.05, 3.63) is 47.5 Å². The Morgan fingerprint density at radius 3 is 2.65 bits per heavy atom. The number of rotatable bonds is 5. The highest BCUT2D eigenvalue weighted by atomic mass is 16.3. The number of benzene rings is 1. The minimum Gasteiger partial charge on any atom is -0.396 e. The molecule has 1 aromatic rings. The molecule has 124 valence electrons. The van der Waals surface area contributed by atoms with Crippen LogP contribution in [0.25, 0.3) is 0 Å². The van der Waals surface area contributed by atoms with Gasteiger partial charge >= 0.3 is 0 Å². The molecule has 2 fully saturated rings. The Hall–Kier alpha value is -1.12. The zero-order valence-electron chi connectivity index (χ0n) is 14.0. The van der Waals surface area contributed by atoms with Crippen LogP contribution in [0.4, 0.5) is 0 Å². The molecule has 4 atom stereocenters. The van der Waals surface area contributed by atoms with E-state index in [1.54, 1.807) is 11.1 Å². The van der Waals surface area contributed by atoms with Crippen LogP contribution in [0.3, 0.4) is 0 Å². The summed E-state index contributed by atoms with van der Waals surface area (Å²) >= 11 is 0. The minimum absolute atomic E-state index is 0.308. The van der Waals surface area contributed by atoms with Crippen LogP contribution in [-0.4, -0.2) is 29.7 Å². The summed E-state index contributed by atoms with van der Waals surface area (Å²) in [4.78, 5) is 2.63. The predicted octanol–water partition coefficient (Wildman–Crippen LogP) is 4.28. The smallest absolute Gasteiger partial charge is 0.0443 e. The summed E-state index contributed by atoms with van der Waals surface area (Å²) in [6.45, 7) is 2.53. The van der Waals surface area contributed by atoms with E-state index in [0.717, 1.165) is 30.7 Å². The van der Waals surface area contributed by atoms with Gasteiger partial charge in [-0.2, -0.15) is 0 Å². The zero-order chi connectivity index (χ0) is 15.6. The number of allylic oxidation sites excluding steroid dienone is 2. The monoisotopic (exact) mass is 311 g/mol. The lowest BCUT2D eigenvalue weighted by molar-refractivity contribution is 0.134. The third-order valence-corrected chi connectivity index (χ3v) is 6.25. The highest BCUT2D eigenvalue weighted by Gasteiger charge is 2.38. The first-order valence-electron chi connectivity index (χ1n) is 9.49. The molecule has 4 rings (SSSR count). The summed E-state index contributed by atoms with van der Waals surface area (Å²) in [5.74, 6) is 2.34. The van der Waals surface area contributed by atoms with E-state index in [9.17, 15) is 5.11 Å². The van der Waals surface area contributed by atoms with E-state index in [1.807, 2.05) is 0 Å². The lowest BCUT2D eigenvalue weighted by Crippen LogP contribution is -2.35. The number of aliphatic hydroxyl groups is 1. The van der Waals surface area contributed by atoms with Crippen molar-refractivity contribution >= 4 is 0 Å². The molecular formula is C21H29NO. The van der Waals surface area contributed by atoms with Crippen LogP contribution in [0.5, 0.6) is 0 Å². The maximum absolute atomic E-state index is 9.22. The van der Waals surface area contributed by atoms with Gasteiger partial charge in [0.25, 0.3) is 0 Å². The molecule has 3 aliphatic rings. The number of aliphatic hydroxyl groups excluding tert-OH is 1. The number of hydrogen-bond donors (Lipinski definition) is 1. The van der Waals surface area contributed by atoms with Crippen LogP contribution in [0.1, 0.15) is 61.6 Å². The molecule has 1 saturated heterocycles. The first-order chi connectivity index (χ1) is 11.4. The molecule has 0 amide bonds. The van der Waals surface area contributed by atoms with Crippen molar-refractivity contribution in [3.63, 3.8) is 0 Å². The molecule has 23 heavy (non-hydrogen) atoms. The summed E-state index contributed by atoms with van der Waals surface area (Å²) in [5.41, 5.74) is 3.20. The van der Waals surface area contributed by atoms with Crippen molar-refractivity contribution in [2.45, 2.75) is 50.5 Å². The third-order valence-electron chi connectivity index (χ3n) is 6.25. The fraction of sp³-hybridized carbons (Fsp3) is 0.619. The van der Waals surface area contributed by atoms with Crippen molar-refractivity contribution in [1.82, 2.24) is 4.90 Å². The molecule has 0 radical (unpaired) electrons. The SMILES string of the molecule is OCCCN1CCCCC1c1ccccc1C1CC2C=CC1C2. The first-order valence-corrected chi connectivity index (χ1v) is 9.49. The number of hydrogen-bond acceptors (Lipinski definition) is 2. The van der Waals surface area contributed by atoms with E-state index >= 15 is 0 Å². The highest BCUT2D eigenvalue weighted by Crippen LogP contribution is 2.50. The fourth-order valence-corrected chi connectivity index (χ4v) is 5.17. The molecule has 1 aromatic carbocycles. The summed E-state index contributed by atoms with van der Waals surface area (Å²) in [7, 11) is 0.